The number of benzene rings is 8. The molecule has 2 aliphatic heterocycles. The number of hydrogen-bond donors (Lipinski definition) is 0. The minimum absolute atomic E-state index is 0.00177. The summed E-state index contributed by atoms with van der Waals surface area (Å²) in [5.41, 5.74) is 13.9. The number of para-hydroxylation sites is 3. The molecular formula is C46H28BN3. The lowest BCUT2D eigenvalue weighted by atomic mass is 9.44. The minimum atomic E-state index is -0.00177. The SMILES string of the molecule is c1ccc(-n2ccc3c4c5c(cc32)-c2cccc3c6ccccc6n(c23)B5c2cc3ccccc3cc2N4c2ccc3ccccc3c2)cc1. The molecule has 12 rings (SSSR count). The lowest BCUT2D eigenvalue weighted by Gasteiger charge is -2.41. The van der Waals surface area contributed by atoms with E-state index in [9.17, 15) is 0 Å². The first-order valence-corrected chi connectivity index (χ1v) is 17.4. The third-order valence-electron chi connectivity index (χ3n) is 11.2. The van der Waals surface area contributed by atoms with Crippen LogP contribution in [0.25, 0.3) is 71.1 Å². The van der Waals surface area contributed by atoms with Gasteiger partial charge in [0.25, 0.3) is 0 Å². The summed E-state index contributed by atoms with van der Waals surface area (Å²) in [6.45, 7) is -0.00177. The molecule has 230 valence electrons. The maximum atomic E-state index is 2.65. The van der Waals surface area contributed by atoms with Crippen molar-refractivity contribution in [3.8, 4) is 16.8 Å². The van der Waals surface area contributed by atoms with Gasteiger partial charge >= 0.3 is 6.85 Å². The Hall–Kier alpha value is -6.52. The van der Waals surface area contributed by atoms with Crippen LogP contribution >= 0.6 is 0 Å². The zero-order valence-corrected chi connectivity index (χ0v) is 27.1. The highest BCUT2D eigenvalue weighted by Gasteiger charge is 2.44. The second-order valence-corrected chi connectivity index (χ2v) is 13.8. The molecule has 0 spiro atoms. The molecule has 4 heterocycles. The Morgan fingerprint density at radius 2 is 1.16 bits per heavy atom. The van der Waals surface area contributed by atoms with E-state index in [0.717, 1.165) is 5.69 Å². The van der Waals surface area contributed by atoms with Crippen molar-refractivity contribution in [1.82, 2.24) is 9.05 Å². The van der Waals surface area contributed by atoms with Gasteiger partial charge in [0.15, 0.2) is 0 Å². The Balaban J connectivity index is 1.30. The van der Waals surface area contributed by atoms with Crippen molar-refractivity contribution >= 4 is 89.1 Å². The van der Waals surface area contributed by atoms with E-state index in [1.54, 1.807) is 0 Å². The van der Waals surface area contributed by atoms with Crippen molar-refractivity contribution in [2.75, 3.05) is 4.90 Å². The van der Waals surface area contributed by atoms with Crippen LogP contribution in [-0.4, -0.2) is 15.9 Å². The summed E-state index contributed by atoms with van der Waals surface area (Å²) < 4.78 is 5.01. The Morgan fingerprint density at radius 1 is 0.440 bits per heavy atom. The summed E-state index contributed by atoms with van der Waals surface area (Å²) in [7, 11) is 0. The third kappa shape index (κ3) is 3.35. The molecule has 0 atom stereocenters. The summed E-state index contributed by atoms with van der Waals surface area (Å²) >= 11 is 0. The van der Waals surface area contributed by atoms with Crippen LogP contribution in [0.5, 0.6) is 0 Å². The number of anilines is 3. The van der Waals surface area contributed by atoms with E-state index in [4.69, 9.17) is 0 Å². The summed E-state index contributed by atoms with van der Waals surface area (Å²) in [6.07, 6.45) is 2.25. The molecule has 4 heteroatoms. The Morgan fingerprint density at radius 3 is 2.02 bits per heavy atom. The summed E-state index contributed by atoms with van der Waals surface area (Å²) in [4.78, 5) is 2.57. The molecule has 0 bridgehead atoms. The molecular weight excluding hydrogens is 605 g/mol. The normalized spacial score (nSPS) is 13.1. The number of hydrogen-bond acceptors (Lipinski definition) is 1. The average molecular weight is 634 g/mol. The molecule has 0 unspecified atom stereocenters. The fourth-order valence-corrected chi connectivity index (χ4v) is 9.16. The second kappa shape index (κ2) is 9.55. The lowest BCUT2D eigenvalue weighted by molar-refractivity contribution is 1.13. The van der Waals surface area contributed by atoms with Gasteiger partial charge in [0, 0.05) is 56.0 Å². The fraction of sp³-hybridized carbons (Fsp3) is 0. The van der Waals surface area contributed by atoms with Crippen LogP contribution in [0.2, 0.25) is 0 Å². The molecule has 0 amide bonds. The molecule has 2 aliphatic rings. The first-order valence-electron chi connectivity index (χ1n) is 17.4. The second-order valence-electron chi connectivity index (χ2n) is 13.8. The molecule has 2 aromatic heterocycles. The molecule has 0 aliphatic carbocycles. The van der Waals surface area contributed by atoms with E-state index in [2.05, 4.69) is 184 Å². The summed E-state index contributed by atoms with van der Waals surface area (Å²) in [6, 6.07) is 60.8. The predicted octanol–water partition coefficient (Wildman–Crippen LogP) is 10.5. The van der Waals surface area contributed by atoms with Crippen molar-refractivity contribution < 1.29 is 0 Å². The molecule has 0 radical (unpaired) electrons. The standard InChI is InChI=1S/C46H28BN3/c1-2-15-33(16-3-1)48-24-23-38-42(48)28-39-37-19-10-18-36-35-17-8-9-20-41(35)50(45(36)37)47-40-26-31-13-6-7-14-32(31)27-43(40)49(46(38)44(39)47)34-22-21-29-11-4-5-12-30(29)25-34/h1-28H. The molecule has 0 N–H and O–H groups in total. The van der Waals surface area contributed by atoms with Gasteiger partial charge in [-0.3, -0.25) is 0 Å². The minimum Gasteiger partial charge on any atom is -0.375 e. The molecule has 0 saturated heterocycles. The fourth-order valence-electron chi connectivity index (χ4n) is 9.16. The Kier molecular flexibility index (Phi) is 5.05. The molecule has 3 nitrogen and oxygen atoms in total. The number of nitrogens with zero attached hydrogens (tertiary/aromatic N) is 3. The van der Waals surface area contributed by atoms with Gasteiger partial charge < -0.3 is 13.9 Å². The first-order chi connectivity index (χ1) is 24.8. The van der Waals surface area contributed by atoms with Crippen molar-refractivity contribution in [3.05, 3.63) is 170 Å². The van der Waals surface area contributed by atoms with Gasteiger partial charge in [-0.1, -0.05) is 115 Å². The van der Waals surface area contributed by atoms with E-state index in [-0.39, 0.29) is 6.85 Å². The summed E-state index contributed by atoms with van der Waals surface area (Å²) in [5, 5.41) is 8.85. The van der Waals surface area contributed by atoms with Crippen molar-refractivity contribution in [3.63, 3.8) is 0 Å². The monoisotopic (exact) mass is 633 g/mol. The maximum absolute atomic E-state index is 2.65. The Bertz CT molecular complexity index is 3060. The highest BCUT2D eigenvalue weighted by Crippen LogP contribution is 2.49. The van der Waals surface area contributed by atoms with Gasteiger partial charge in [0.05, 0.1) is 11.2 Å². The van der Waals surface area contributed by atoms with Crippen LogP contribution < -0.4 is 15.8 Å². The Labute approximate surface area is 288 Å². The maximum Gasteiger partial charge on any atom is 0.333 e. The molecule has 50 heavy (non-hydrogen) atoms. The highest BCUT2D eigenvalue weighted by atomic mass is 15.2. The first kappa shape index (κ1) is 26.4. The van der Waals surface area contributed by atoms with Gasteiger partial charge in [-0.2, -0.15) is 0 Å². The smallest absolute Gasteiger partial charge is 0.333 e. The van der Waals surface area contributed by atoms with Crippen molar-refractivity contribution in [1.29, 1.82) is 0 Å². The van der Waals surface area contributed by atoms with E-state index >= 15 is 0 Å². The van der Waals surface area contributed by atoms with Gasteiger partial charge in [0.2, 0.25) is 0 Å². The van der Waals surface area contributed by atoms with E-state index in [1.807, 2.05) is 0 Å². The van der Waals surface area contributed by atoms with E-state index in [0.29, 0.717) is 0 Å². The zero-order chi connectivity index (χ0) is 32.5. The topological polar surface area (TPSA) is 13.1 Å². The predicted molar refractivity (Wildman–Crippen MR) is 212 cm³/mol. The van der Waals surface area contributed by atoms with Crippen LogP contribution in [0.3, 0.4) is 0 Å². The quantitative estimate of drug-likeness (QED) is 0.173. The van der Waals surface area contributed by atoms with Crippen LogP contribution in [-0.2, 0) is 0 Å². The highest BCUT2D eigenvalue weighted by molar-refractivity contribution is 6.90. The molecule has 0 fully saturated rings. The zero-order valence-electron chi connectivity index (χ0n) is 27.1. The van der Waals surface area contributed by atoms with Crippen LogP contribution in [0.1, 0.15) is 0 Å². The van der Waals surface area contributed by atoms with E-state index < -0.39 is 0 Å². The molecule has 8 aromatic carbocycles. The number of aromatic nitrogens is 2. The van der Waals surface area contributed by atoms with Gasteiger partial charge in [-0.15, -0.1) is 0 Å². The number of fused-ring (bicyclic) bond motifs is 11. The van der Waals surface area contributed by atoms with Gasteiger partial charge in [0.1, 0.15) is 0 Å². The van der Waals surface area contributed by atoms with Gasteiger partial charge in [-0.05, 0) is 86.6 Å². The van der Waals surface area contributed by atoms with Crippen LogP contribution in [0.15, 0.2) is 170 Å². The lowest BCUT2D eigenvalue weighted by Crippen LogP contribution is -2.56. The van der Waals surface area contributed by atoms with Crippen molar-refractivity contribution in [2.45, 2.75) is 0 Å². The number of rotatable bonds is 2. The molecule has 10 aromatic rings. The van der Waals surface area contributed by atoms with Gasteiger partial charge in [-0.25, -0.2) is 0 Å². The third-order valence-corrected chi connectivity index (χ3v) is 11.2. The van der Waals surface area contributed by atoms with Crippen LogP contribution in [0, 0.1) is 0 Å². The largest absolute Gasteiger partial charge is 0.375 e. The van der Waals surface area contributed by atoms with Crippen LogP contribution in [0.4, 0.5) is 17.1 Å². The average Bonchev–Trinajstić information content (AvgIpc) is 3.76. The van der Waals surface area contributed by atoms with Crippen molar-refractivity contribution in [2.24, 2.45) is 0 Å². The van der Waals surface area contributed by atoms with E-state index in [1.165, 1.54) is 93.4 Å². The molecule has 0 saturated carbocycles. The summed E-state index contributed by atoms with van der Waals surface area (Å²) in [5.74, 6) is 0.